The van der Waals surface area contributed by atoms with Crippen LogP contribution in [0.1, 0.15) is 46.8 Å². The van der Waals surface area contributed by atoms with Crippen LogP contribution in [0.15, 0.2) is 23.2 Å². The lowest BCUT2D eigenvalue weighted by Crippen LogP contribution is -2.39. The van der Waals surface area contributed by atoms with Gasteiger partial charge in [-0.15, -0.1) is 0 Å². The van der Waals surface area contributed by atoms with E-state index in [1.54, 1.807) is 21.7 Å². The quantitative estimate of drug-likeness (QED) is 0.401. The van der Waals surface area contributed by atoms with E-state index >= 15 is 0 Å². The smallest absolute Gasteiger partial charge is 0.270 e. The van der Waals surface area contributed by atoms with Crippen LogP contribution in [0.2, 0.25) is 0 Å². The van der Waals surface area contributed by atoms with E-state index in [2.05, 4.69) is 22.1 Å². The monoisotopic (exact) mass is 371 g/mol. The first kappa shape index (κ1) is 20.2. The Kier molecular flexibility index (Phi) is 6.70. The van der Waals surface area contributed by atoms with Crippen molar-refractivity contribution in [3.05, 3.63) is 35.2 Å². The van der Waals surface area contributed by atoms with Crippen molar-refractivity contribution in [1.82, 2.24) is 15.1 Å². The van der Waals surface area contributed by atoms with Crippen LogP contribution in [0.5, 0.6) is 5.75 Å². The van der Waals surface area contributed by atoms with Gasteiger partial charge in [-0.05, 0) is 45.2 Å². The van der Waals surface area contributed by atoms with Crippen molar-refractivity contribution in [3.63, 3.8) is 0 Å². The zero-order chi connectivity index (χ0) is 20.0. The van der Waals surface area contributed by atoms with Crippen LogP contribution in [-0.4, -0.2) is 47.0 Å². The van der Waals surface area contributed by atoms with Gasteiger partial charge in [-0.1, -0.05) is 6.92 Å². The highest BCUT2D eigenvalue weighted by atomic mass is 16.3. The molecule has 27 heavy (non-hydrogen) atoms. The molecule has 0 aliphatic rings. The normalized spacial score (nSPS) is 10.5. The summed E-state index contributed by atoms with van der Waals surface area (Å²) in [5, 5.41) is 17.5. The summed E-state index contributed by atoms with van der Waals surface area (Å²) >= 11 is 0. The number of amides is 1. The van der Waals surface area contributed by atoms with Gasteiger partial charge in [0, 0.05) is 18.7 Å². The largest absolute Gasteiger partial charge is 0.506 e. The molecule has 0 unspecified atom stereocenters. The second kappa shape index (κ2) is 8.98. The Morgan fingerprint density at radius 3 is 2.74 bits per heavy atom. The average molecular weight is 371 g/mol. The molecule has 2 N–H and O–H groups in total. The zero-order valence-electron chi connectivity index (χ0n) is 15.9. The van der Waals surface area contributed by atoms with Crippen LogP contribution >= 0.6 is 0 Å². The first-order valence-corrected chi connectivity index (χ1v) is 8.81. The highest BCUT2D eigenvalue weighted by Gasteiger charge is 2.19. The Labute approximate surface area is 158 Å². The predicted molar refractivity (Wildman–Crippen MR) is 105 cm³/mol. The minimum atomic E-state index is -0.254. The van der Waals surface area contributed by atoms with E-state index in [0.717, 1.165) is 12.1 Å². The lowest BCUT2D eigenvalue weighted by molar-refractivity contribution is 0.0942. The summed E-state index contributed by atoms with van der Waals surface area (Å²) in [6.45, 7) is 10.6. The van der Waals surface area contributed by atoms with E-state index in [4.69, 9.17) is 0 Å². The standard InChI is InChI=1S/C19H25N5O3/c1-5-7-23(18-15(20-4)9-14(11-25)10-17(18)26)12-21-19(27)16-8-13(3)22-24(16)6-2/h8-11,26H,4-7,12H2,1-3H3,(H,21,27). The number of anilines is 1. The topological polar surface area (TPSA) is 99.8 Å². The fourth-order valence-electron chi connectivity index (χ4n) is 2.90. The number of aldehydes is 1. The molecule has 144 valence electrons. The van der Waals surface area contributed by atoms with E-state index in [1.807, 2.05) is 20.8 Å². The van der Waals surface area contributed by atoms with E-state index in [-0.39, 0.29) is 18.3 Å². The average Bonchev–Trinajstić information content (AvgIpc) is 3.05. The zero-order valence-corrected chi connectivity index (χ0v) is 15.9. The molecular formula is C19H25N5O3. The Morgan fingerprint density at radius 2 is 2.15 bits per heavy atom. The van der Waals surface area contributed by atoms with Crippen LogP contribution in [-0.2, 0) is 6.54 Å². The number of aromatic nitrogens is 2. The summed E-state index contributed by atoms with van der Waals surface area (Å²) in [5.74, 6) is -0.338. The molecule has 0 radical (unpaired) electrons. The first-order valence-electron chi connectivity index (χ1n) is 8.81. The van der Waals surface area contributed by atoms with Crippen molar-refractivity contribution in [2.24, 2.45) is 4.99 Å². The number of nitrogens with one attached hydrogen (secondary N) is 1. The number of hydrogen-bond donors (Lipinski definition) is 2. The second-order valence-corrected chi connectivity index (χ2v) is 6.10. The first-order chi connectivity index (χ1) is 12.9. The molecule has 0 saturated carbocycles. The van der Waals surface area contributed by atoms with Crippen molar-refractivity contribution in [2.45, 2.75) is 33.7 Å². The van der Waals surface area contributed by atoms with Gasteiger partial charge in [-0.25, -0.2) is 0 Å². The molecule has 1 aromatic heterocycles. The number of nitrogens with zero attached hydrogens (tertiary/aromatic N) is 4. The summed E-state index contributed by atoms with van der Waals surface area (Å²) in [7, 11) is 0. The van der Waals surface area contributed by atoms with Crippen molar-refractivity contribution in [3.8, 4) is 5.75 Å². The number of carbonyl (C=O) groups excluding carboxylic acids is 2. The fourth-order valence-corrected chi connectivity index (χ4v) is 2.90. The molecule has 1 heterocycles. The molecular weight excluding hydrogens is 346 g/mol. The van der Waals surface area contributed by atoms with Crippen molar-refractivity contribution in [2.75, 3.05) is 18.1 Å². The molecule has 0 saturated heterocycles. The van der Waals surface area contributed by atoms with E-state index in [1.165, 1.54) is 6.07 Å². The maximum atomic E-state index is 12.6. The van der Waals surface area contributed by atoms with Gasteiger partial charge in [0.15, 0.2) is 0 Å². The van der Waals surface area contributed by atoms with Crippen molar-refractivity contribution < 1.29 is 14.7 Å². The second-order valence-electron chi connectivity index (χ2n) is 6.10. The Bertz CT molecular complexity index is 844. The SMILES string of the molecule is C=Nc1cc(C=O)cc(O)c1N(CCC)CNC(=O)c1cc(C)nn1CC. The maximum absolute atomic E-state index is 12.6. The minimum Gasteiger partial charge on any atom is -0.506 e. The highest BCUT2D eigenvalue weighted by molar-refractivity contribution is 5.93. The minimum absolute atomic E-state index is 0.0841. The molecule has 2 aromatic rings. The molecule has 0 aliphatic heterocycles. The van der Waals surface area contributed by atoms with E-state index < -0.39 is 0 Å². The Hall–Kier alpha value is -3.16. The highest BCUT2D eigenvalue weighted by Crippen LogP contribution is 2.38. The summed E-state index contributed by atoms with van der Waals surface area (Å²) in [4.78, 5) is 29.3. The van der Waals surface area contributed by atoms with Gasteiger partial charge >= 0.3 is 0 Å². The molecule has 0 fully saturated rings. The van der Waals surface area contributed by atoms with Crippen LogP contribution in [0.3, 0.4) is 0 Å². The van der Waals surface area contributed by atoms with Crippen LogP contribution < -0.4 is 10.2 Å². The third-order valence-corrected chi connectivity index (χ3v) is 4.07. The summed E-state index contributed by atoms with van der Waals surface area (Å²) in [6, 6.07) is 4.65. The van der Waals surface area contributed by atoms with Crippen molar-refractivity contribution >= 4 is 30.3 Å². The van der Waals surface area contributed by atoms with Gasteiger partial charge in [-0.2, -0.15) is 5.10 Å². The Morgan fingerprint density at radius 1 is 1.41 bits per heavy atom. The predicted octanol–water partition coefficient (Wildman–Crippen LogP) is 2.67. The number of carbonyl (C=O) groups is 2. The number of aromatic hydroxyl groups is 1. The van der Waals surface area contributed by atoms with Crippen LogP contribution in [0, 0.1) is 6.92 Å². The summed E-state index contributed by atoms with van der Waals surface area (Å²) < 4.78 is 1.64. The number of rotatable bonds is 9. The summed E-state index contributed by atoms with van der Waals surface area (Å²) in [5.41, 5.74) is 2.37. The van der Waals surface area contributed by atoms with Crippen LogP contribution in [0.4, 0.5) is 11.4 Å². The maximum Gasteiger partial charge on any atom is 0.270 e. The molecule has 8 nitrogen and oxygen atoms in total. The Balaban J connectivity index is 2.27. The fraction of sp³-hybridized carbons (Fsp3) is 0.368. The molecule has 0 atom stereocenters. The number of phenolic OH excluding ortho intramolecular Hbond substituents is 1. The van der Waals surface area contributed by atoms with Gasteiger partial charge in [0.2, 0.25) is 0 Å². The van der Waals surface area contributed by atoms with Gasteiger partial charge in [0.1, 0.15) is 23.4 Å². The van der Waals surface area contributed by atoms with E-state index in [9.17, 15) is 14.7 Å². The molecule has 1 amide bonds. The number of hydrogen-bond acceptors (Lipinski definition) is 6. The van der Waals surface area contributed by atoms with Gasteiger partial charge < -0.3 is 15.3 Å². The lowest BCUT2D eigenvalue weighted by Gasteiger charge is -2.27. The number of aryl methyl sites for hydroxylation is 2. The molecule has 0 aliphatic carbocycles. The van der Waals surface area contributed by atoms with Gasteiger partial charge in [-0.3, -0.25) is 19.3 Å². The van der Waals surface area contributed by atoms with Crippen LogP contribution in [0.25, 0.3) is 0 Å². The van der Waals surface area contributed by atoms with E-state index in [0.29, 0.717) is 42.0 Å². The molecule has 1 aromatic carbocycles. The molecule has 2 rings (SSSR count). The molecule has 0 spiro atoms. The number of aliphatic imine (C=N–C) groups is 1. The van der Waals surface area contributed by atoms with Gasteiger partial charge in [0.05, 0.1) is 18.1 Å². The molecule has 0 bridgehead atoms. The number of benzene rings is 1. The lowest BCUT2D eigenvalue weighted by atomic mass is 10.1. The van der Waals surface area contributed by atoms with Crippen molar-refractivity contribution in [1.29, 1.82) is 0 Å². The van der Waals surface area contributed by atoms with Gasteiger partial charge in [0.25, 0.3) is 5.91 Å². The third-order valence-electron chi connectivity index (χ3n) is 4.07. The number of phenols is 1. The summed E-state index contributed by atoms with van der Waals surface area (Å²) in [6.07, 6.45) is 1.42. The third kappa shape index (κ3) is 4.52. The molecule has 8 heteroatoms.